The highest BCUT2D eigenvalue weighted by Gasteiger charge is 2.17. The second kappa shape index (κ2) is 6.06. The van der Waals surface area contributed by atoms with E-state index in [0.717, 1.165) is 17.7 Å². The largest absolute Gasteiger partial charge is 0.319 e. The molecular weight excluding hydrogens is 336 g/mol. The van der Waals surface area contributed by atoms with Gasteiger partial charge in [0.15, 0.2) is 0 Å². The van der Waals surface area contributed by atoms with Crippen LogP contribution in [-0.4, -0.2) is 10.9 Å². The van der Waals surface area contributed by atoms with Crippen LogP contribution in [0, 0.1) is 0 Å². The highest BCUT2D eigenvalue weighted by atomic mass is 79.9. The number of carbonyl (C=O) groups excluding carboxylic acids is 1. The molecule has 5 heteroatoms. The molecule has 0 unspecified atom stereocenters. The Balaban J connectivity index is 1.79. The summed E-state index contributed by atoms with van der Waals surface area (Å²) in [5.74, 6) is -0.0447. The zero-order valence-corrected chi connectivity index (χ0v) is 13.4. The summed E-state index contributed by atoms with van der Waals surface area (Å²) in [5, 5.41) is 2.91. The number of thiophene rings is 1. The van der Waals surface area contributed by atoms with Crippen LogP contribution in [-0.2, 0) is 12.8 Å². The number of aromatic nitrogens is 1. The van der Waals surface area contributed by atoms with Crippen molar-refractivity contribution in [2.75, 3.05) is 5.32 Å². The van der Waals surface area contributed by atoms with Gasteiger partial charge in [-0.2, -0.15) is 0 Å². The minimum Gasteiger partial charge on any atom is -0.319 e. The number of pyridine rings is 1. The Hall–Kier alpha value is -1.20. The van der Waals surface area contributed by atoms with Crippen LogP contribution in [0.3, 0.4) is 0 Å². The highest BCUT2D eigenvalue weighted by Crippen LogP contribution is 2.30. The number of aryl methyl sites for hydroxylation is 2. The number of amides is 1. The van der Waals surface area contributed by atoms with Gasteiger partial charge in [0.05, 0.1) is 10.6 Å². The number of nitrogens with zero attached hydrogens (tertiary/aromatic N) is 1. The maximum absolute atomic E-state index is 12.3. The summed E-state index contributed by atoms with van der Waals surface area (Å²) in [5.41, 5.74) is 2.07. The Morgan fingerprint density at radius 1 is 1.30 bits per heavy atom. The molecule has 0 radical (unpaired) electrons. The topological polar surface area (TPSA) is 42.0 Å². The minimum atomic E-state index is -0.0447. The predicted octanol–water partition coefficient (Wildman–Crippen LogP) is 4.43. The maximum Gasteiger partial charge on any atom is 0.265 e. The van der Waals surface area contributed by atoms with Crippen LogP contribution in [0.1, 0.15) is 39.4 Å². The molecule has 2 heterocycles. The lowest BCUT2D eigenvalue weighted by Gasteiger charge is -2.04. The first-order valence-electron chi connectivity index (χ1n) is 6.77. The van der Waals surface area contributed by atoms with Crippen molar-refractivity contribution >= 4 is 38.9 Å². The fourth-order valence-corrected chi connectivity index (χ4v) is 3.94. The number of carbonyl (C=O) groups is 1. The molecule has 1 aliphatic rings. The van der Waals surface area contributed by atoms with E-state index in [0.29, 0.717) is 10.3 Å². The molecule has 0 saturated carbocycles. The molecule has 2 aromatic heterocycles. The van der Waals surface area contributed by atoms with Gasteiger partial charge in [-0.25, -0.2) is 4.98 Å². The van der Waals surface area contributed by atoms with Gasteiger partial charge < -0.3 is 5.32 Å². The van der Waals surface area contributed by atoms with E-state index in [1.54, 1.807) is 17.5 Å². The first kappa shape index (κ1) is 13.8. The van der Waals surface area contributed by atoms with Gasteiger partial charge in [0.1, 0.15) is 4.60 Å². The average molecular weight is 351 g/mol. The molecule has 0 aromatic carbocycles. The lowest BCUT2D eigenvalue weighted by Crippen LogP contribution is -2.10. The third-order valence-corrected chi connectivity index (χ3v) is 5.35. The van der Waals surface area contributed by atoms with Gasteiger partial charge in [-0.05, 0) is 65.4 Å². The molecule has 0 aliphatic heterocycles. The monoisotopic (exact) mass is 350 g/mol. The van der Waals surface area contributed by atoms with E-state index in [2.05, 4.69) is 32.3 Å². The van der Waals surface area contributed by atoms with Gasteiger partial charge in [0, 0.05) is 11.1 Å². The molecule has 1 N–H and O–H groups in total. The Morgan fingerprint density at radius 3 is 3.00 bits per heavy atom. The highest BCUT2D eigenvalue weighted by molar-refractivity contribution is 9.10. The Morgan fingerprint density at radius 2 is 2.15 bits per heavy atom. The lowest BCUT2D eigenvalue weighted by molar-refractivity contribution is 0.103. The number of anilines is 1. The SMILES string of the molecule is O=C(Nc1cccnc1Br)c1cc2c(s1)CCCCC2. The Bertz CT molecular complexity index is 615. The van der Waals surface area contributed by atoms with Gasteiger partial charge in [-0.15, -0.1) is 11.3 Å². The van der Waals surface area contributed by atoms with Gasteiger partial charge in [0.25, 0.3) is 5.91 Å². The molecule has 1 amide bonds. The third-order valence-electron chi connectivity index (χ3n) is 3.48. The van der Waals surface area contributed by atoms with Crippen molar-refractivity contribution in [3.8, 4) is 0 Å². The number of hydrogen-bond acceptors (Lipinski definition) is 3. The van der Waals surface area contributed by atoms with Crippen LogP contribution in [0.25, 0.3) is 0 Å². The van der Waals surface area contributed by atoms with Crippen LogP contribution in [0.4, 0.5) is 5.69 Å². The van der Waals surface area contributed by atoms with Crippen LogP contribution in [0.2, 0.25) is 0 Å². The molecule has 1 aliphatic carbocycles. The summed E-state index contributed by atoms with van der Waals surface area (Å²) in [6.07, 6.45) is 7.68. The van der Waals surface area contributed by atoms with Crippen molar-refractivity contribution in [1.82, 2.24) is 4.98 Å². The normalized spacial score (nSPS) is 14.4. The number of fused-ring (bicyclic) bond motifs is 1. The molecular formula is C15H15BrN2OS. The van der Waals surface area contributed by atoms with Crippen LogP contribution in [0.5, 0.6) is 0 Å². The minimum absolute atomic E-state index is 0.0447. The van der Waals surface area contributed by atoms with E-state index in [-0.39, 0.29) is 5.91 Å². The summed E-state index contributed by atoms with van der Waals surface area (Å²) in [6, 6.07) is 5.71. The molecule has 2 aromatic rings. The quantitative estimate of drug-likeness (QED) is 0.643. The van der Waals surface area contributed by atoms with Crippen molar-refractivity contribution in [3.05, 3.63) is 44.3 Å². The summed E-state index contributed by atoms with van der Waals surface area (Å²) < 4.78 is 0.659. The smallest absolute Gasteiger partial charge is 0.265 e. The van der Waals surface area contributed by atoms with Crippen molar-refractivity contribution < 1.29 is 4.79 Å². The Kier molecular flexibility index (Phi) is 4.17. The lowest BCUT2D eigenvalue weighted by atomic mass is 10.1. The molecule has 3 nitrogen and oxygen atoms in total. The maximum atomic E-state index is 12.3. The summed E-state index contributed by atoms with van der Waals surface area (Å²) in [4.78, 5) is 18.6. The van der Waals surface area contributed by atoms with E-state index in [1.165, 1.54) is 29.7 Å². The standard InChI is InChI=1S/C15H15BrN2OS/c16-14-11(6-4-8-17-14)18-15(19)13-9-10-5-2-1-3-7-12(10)20-13/h4,6,8-9H,1-3,5,7H2,(H,18,19). The van der Waals surface area contributed by atoms with E-state index in [4.69, 9.17) is 0 Å². The summed E-state index contributed by atoms with van der Waals surface area (Å²) in [6.45, 7) is 0. The van der Waals surface area contributed by atoms with Crippen molar-refractivity contribution in [1.29, 1.82) is 0 Å². The van der Waals surface area contributed by atoms with E-state index in [9.17, 15) is 4.79 Å². The van der Waals surface area contributed by atoms with E-state index < -0.39 is 0 Å². The third kappa shape index (κ3) is 2.94. The second-order valence-corrected chi connectivity index (χ2v) is 6.80. The fraction of sp³-hybridized carbons (Fsp3) is 0.333. The van der Waals surface area contributed by atoms with Gasteiger partial charge in [0.2, 0.25) is 0 Å². The number of halogens is 1. The number of nitrogens with one attached hydrogen (secondary N) is 1. The molecule has 0 spiro atoms. The van der Waals surface area contributed by atoms with Crippen LogP contribution < -0.4 is 5.32 Å². The first-order chi connectivity index (χ1) is 9.74. The van der Waals surface area contributed by atoms with Gasteiger partial charge in [-0.3, -0.25) is 4.79 Å². The first-order valence-corrected chi connectivity index (χ1v) is 8.38. The average Bonchev–Trinajstić information content (AvgIpc) is 2.73. The predicted molar refractivity (Wildman–Crippen MR) is 85.5 cm³/mol. The molecule has 0 bridgehead atoms. The molecule has 3 rings (SSSR count). The van der Waals surface area contributed by atoms with Crippen molar-refractivity contribution in [3.63, 3.8) is 0 Å². The van der Waals surface area contributed by atoms with Crippen molar-refractivity contribution in [2.24, 2.45) is 0 Å². The van der Waals surface area contributed by atoms with Gasteiger partial charge >= 0.3 is 0 Å². The number of rotatable bonds is 2. The zero-order chi connectivity index (χ0) is 13.9. The molecule has 0 atom stereocenters. The molecule has 0 fully saturated rings. The zero-order valence-electron chi connectivity index (χ0n) is 11.0. The molecule has 104 valence electrons. The van der Waals surface area contributed by atoms with Crippen LogP contribution >= 0.6 is 27.3 Å². The molecule has 0 saturated heterocycles. The van der Waals surface area contributed by atoms with E-state index >= 15 is 0 Å². The summed E-state index contributed by atoms with van der Waals surface area (Å²) >= 11 is 4.98. The Labute approximate surface area is 130 Å². The van der Waals surface area contributed by atoms with Gasteiger partial charge in [-0.1, -0.05) is 6.42 Å². The number of hydrogen-bond donors (Lipinski definition) is 1. The molecule has 20 heavy (non-hydrogen) atoms. The van der Waals surface area contributed by atoms with Crippen LogP contribution in [0.15, 0.2) is 29.0 Å². The fourth-order valence-electron chi connectivity index (χ4n) is 2.44. The van der Waals surface area contributed by atoms with Crippen molar-refractivity contribution in [2.45, 2.75) is 32.1 Å². The second-order valence-electron chi connectivity index (χ2n) is 4.92. The summed E-state index contributed by atoms with van der Waals surface area (Å²) in [7, 11) is 0. The van der Waals surface area contributed by atoms with E-state index in [1.807, 2.05) is 12.1 Å².